The fourth-order valence-electron chi connectivity index (χ4n) is 0.806. The molecule has 0 saturated heterocycles. The van der Waals surface area contributed by atoms with Crippen LogP contribution in [0.15, 0.2) is 36.4 Å². The summed E-state index contributed by atoms with van der Waals surface area (Å²) in [6.45, 7) is 0.548. The van der Waals surface area contributed by atoms with Crippen LogP contribution in [0.1, 0.15) is 5.56 Å². The summed E-state index contributed by atoms with van der Waals surface area (Å²) in [6, 6.07) is 9.74. The summed E-state index contributed by atoms with van der Waals surface area (Å²) in [4.78, 5) is 0. The largest absolute Gasteiger partial charge is 0.340 e. The van der Waals surface area contributed by atoms with Gasteiger partial charge in [0.2, 0.25) is 0 Å². The van der Waals surface area contributed by atoms with Crippen molar-refractivity contribution in [1.82, 2.24) is 0 Å². The van der Waals surface area contributed by atoms with Crippen molar-refractivity contribution in [2.24, 2.45) is 0 Å². The molecule has 0 saturated carbocycles. The monoisotopic (exact) mass is 165 g/mol. The van der Waals surface area contributed by atoms with Gasteiger partial charge in [0.05, 0.1) is 0 Å². The van der Waals surface area contributed by atoms with Crippen molar-refractivity contribution in [1.29, 1.82) is 0 Å². The molecule has 1 nitrogen and oxygen atoms in total. The minimum atomic E-state index is -0.779. The number of hydrogen-bond donors (Lipinski definition) is 0. The lowest BCUT2D eigenvalue weighted by atomic mass is 10.2. The molecule has 0 unspecified atom stereocenters. The molecule has 0 spiro atoms. The van der Waals surface area contributed by atoms with Crippen molar-refractivity contribution >= 4 is 6.08 Å². The van der Waals surface area contributed by atoms with E-state index < -0.39 is 6.86 Å². The Labute approximate surface area is 71.5 Å². The quantitative estimate of drug-likeness (QED) is 0.623. The van der Waals surface area contributed by atoms with Crippen LogP contribution < -0.4 is 0 Å². The molecule has 1 aromatic rings. The Morgan fingerprint density at radius 1 is 1.25 bits per heavy atom. The predicted octanol–water partition coefficient (Wildman–Crippen LogP) is 2.81. The second-order valence-corrected chi connectivity index (χ2v) is 2.18. The summed E-state index contributed by atoms with van der Waals surface area (Å²) < 4.78 is 15.8. The van der Waals surface area contributed by atoms with E-state index in [1.54, 1.807) is 6.08 Å². The van der Waals surface area contributed by atoms with Gasteiger partial charge in [0, 0.05) is 0 Å². The molecule has 12 heavy (non-hydrogen) atoms. The minimum absolute atomic E-state index is 0.779. The molecule has 0 aliphatic carbocycles. The number of halogens is 1. The molecule has 2 heteroatoms. The highest BCUT2D eigenvalue weighted by atomic mass is 19.1. The van der Waals surface area contributed by atoms with Crippen LogP contribution in [0, 0.1) is 6.61 Å². The van der Waals surface area contributed by atoms with Crippen molar-refractivity contribution in [2.75, 3.05) is 6.86 Å². The van der Waals surface area contributed by atoms with E-state index >= 15 is 0 Å². The molecule has 0 fully saturated rings. The van der Waals surface area contributed by atoms with Crippen molar-refractivity contribution in [3.63, 3.8) is 0 Å². The number of hydrogen-bond acceptors (Lipinski definition) is 1. The first-order valence-electron chi connectivity index (χ1n) is 3.66. The Bertz CT molecular complexity index is 231. The maximum Gasteiger partial charge on any atom is 0.189 e. The first kappa shape index (κ1) is 8.94. The minimum Gasteiger partial charge on any atom is -0.340 e. The second-order valence-electron chi connectivity index (χ2n) is 2.18. The molecule has 1 rings (SSSR count). The molecule has 63 valence electrons. The molecular formula is C10H10FO. The highest BCUT2D eigenvalue weighted by molar-refractivity contribution is 5.49. The lowest BCUT2D eigenvalue weighted by molar-refractivity contribution is 0.117. The molecule has 0 aliphatic rings. The van der Waals surface area contributed by atoms with E-state index in [2.05, 4.69) is 4.74 Å². The Balaban J connectivity index is 2.36. The van der Waals surface area contributed by atoms with Crippen LogP contribution in [-0.2, 0) is 4.74 Å². The molecule has 0 N–H and O–H groups in total. The Kier molecular flexibility index (Phi) is 4.09. The van der Waals surface area contributed by atoms with Crippen molar-refractivity contribution in [2.45, 2.75) is 0 Å². The van der Waals surface area contributed by atoms with Crippen LogP contribution in [0.2, 0.25) is 0 Å². The number of ether oxygens (including phenoxy) is 1. The first-order valence-corrected chi connectivity index (χ1v) is 3.66. The van der Waals surface area contributed by atoms with Gasteiger partial charge in [0.25, 0.3) is 0 Å². The van der Waals surface area contributed by atoms with Crippen molar-refractivity contribution < 1.29 is 9.13 Å². The summed E-state index contributed by atoms with van der Waals surface area (Å²) in [5, 5.41) is 0. The summed E-state index contributed by atoms with van der Waals surface area (Å²) >= 11 is 0. The van der Waals surface area contributed by atoms with Gasteiger partial charge in [0.1, 0.15) is 6.61 Å². The average Bonchev–Trinajstić information content (AvgIpc) is 2.14. The highest BCUT2D eigenvalue weighted by Gasteiger charge is 1.82. The molecule has 1 aromatic carbocycles. The summed E-state index contributed by atoms with van der Waals surface area (Å²) in [5.41, 5.74) is 1.07. The number of benzene rings is 1. The molecule has 1 radical (unpaired) electrons. The van der Waals surface area contributed by atoms with E-state index in [0.717, 1.165) is 5.56 Å². The lowest BCUT2D eigenvalue weighted by Crippen LogP contribution is -1.79. The predicted molar refractivity (Wildman–Crippen MR) is 46.8 cm³/mol. The normalized spacial score (nSPS) is 10.8. The van der Waals surface area contributed by atoms with Crippen LogP contribution in [0.4, 0.5) is 4.39 Å². The smallest absolute Gasteiger partial charge is 0.189 e. The summed E-state index contributed by atoms with van der Waals surface area (Å²) in [6.07, 6.45) is 3.50. The third-order valence-electron chi connectivity index (χ3n) is 1.33. The van der Waals surface area contributed by atoms with Gasteiger partial charge in [-0.05, 0) is 5.56 Å². The zero-order valence-electron chi connectivity index (χ0n) is 6.61. The second kappa shape index (κ2) is 5.49. The van der Waals surface area contributed by atoms with E-state index in [4.69, 9.17) is 0 Å². The van der Waals surface area contributed by atoms with Crippen molar-refractivity contribution in [3.8, 4) is 0 Å². The van der Waals surface area contributed by atoms with Gasteiger partial charge in [-0.15, -0.1) is 0 Å². The fraction of sp³-hybridized carbons (Fsp3) is 0.100. The van der Waals surface area contributed by atoms with Gasteiger partial charge in [-0.3, -0.25) is 0 Å². The SMILES string of the molecule is FCO[CH]C=Cc1ccccc1. The molecule has 0 aromatic heterocycles. The lowest BCUT2D eigenvalue weighted by Gasteiger charge is -1.91. The van der Waals surface area contributed by atoms with Crippen LogP contribution in [-0.4, -0.2) is 6.86 Å². The molecule has 0 aliphatic heterocycles. The number of alkyl halides is 1. The molecule has 0 bridgehead atoms. The molecule has 0 heterocycles. The first-order chi connectivity index (χ1) is 5.93. The maximum absolute atomic E-state index is 11.4. The fourth-order valence-corrected chi connectivity index (χ4v) is 0.806. The van der Waals surface area contributed by atoms with Gasteiger partial charge in [0.15, 0.2) is 6.86 Å². The van der Waals surface area contributed by atoms with Crippen LogP contribution in [0.25, 0.3) is 6.08 Å². The zero-order valence-corrected chi connectivity index (χ0v) is 6.61. The van der Waals surface area contributed by atoms with E-state index in [-0.39, 0.29) is 0 Å². The third-order valence-corrected chi connectivity index (χ3v) is 1.33. The van der Waals surface area contributed by atoms with Crippen LogP contribution >= 0.6 is 0 Å². The van der Waals surface area contributed by atoms with Gasteiger partial charge in [-0.2, -0.15) is 0 Å². The molecule has 0 amide bonds. The van der Waals surface area contributed by atoms with E-state index in [0.29, 0.717) is 0 Å². The molecular weight excluding hydrogens is 155 g/mol. The third kappa shape index (κ3) is 3.30. The van der Waals surface area contributed by atoms with Crippen LogP contribution in [0.3, 0.4) is 0 Å². The van der Waals surface area contributed by atoms with E-state index in [9.17, 15) is 4.39 Å². The highest BCUT2D eigenvalue weighted by Crippen LogP contribution is 2.01. The average molecular weight is 165 g/mol. The van der Waals surface area contributed by atoms with Gasteiger partial charge in [-0.25, -0.2) is 4.39 Å². The van der Waals surface area contributed by atoms with Crippen molar-refractivity contribution in [3.05, 3.63) is 48.6 Å². The topological polar surface area (TPSA) is 9.23 Å². The molecule has 0 atom stereocenters. The summed E-state index contributed by atoms with van der Waals surface area (Å²) in [5.74, 6) is 0. The summed E-state index contributed by atoms with van der Waals surface area (Å²) in [7, 11) is 0. The van der Waals surface area contributed by atoms with Gasteiger partial charge >= 0.3 is 0 Å². The number of rotatable bonds is 4. The van der Waals surface area contributed by atoms with Gasteiger partial charge < -0.3 is 4.74 Å². The van der Waals surface area contributed by atoms with Crippen LogP contribution in [0.5, 0.6) is 0 Å². The maximum atomic E-state index is 11.4. The van der Waals surface area contributed by atoms with E-state index in [1.807, 2.05) is 36.4 Å². The zero-order chi connectivity index (χ0) is 8.65. The van der Waals surface area contributed by atoms with Gasteiger partial charge in [-0.1, -0.05) is 42.5 Å². The Morgan fingerprint density at radius 3 is 2.67 bits per heavy atom. The Morgan fingerprint density at radius 2 is 2.00 bits per heavy atom. The van der Waals surface area contributed by atoms with E-state index in [1.165, 1.54) is 6.61 Å². The standard InChI is InChI=1S/C10H10FO/c11-9-12-8-4-7-10-5-2-1-3-6-10/h1-8H,9H2. The Hall–Kier alpha value is -1.15.